The van der Waals surface area contributed by atoms with E-state index in [1.807, 2.05) is 23.1 Å². The van der Waals surface area contributed by atoms with Crippen LogP contribution in [0, 0.1) is 0 Å². The summed E-state index contributed by atoms with van der Waals surface area (Å²) in [6.45, 7) is 3.39. The van der Waals surface area contributed by atoms with Gasteiger partial charge < -0.3 is 9.47 Å². The average molecular weight is 472 g/mol. The van der Waals surface area contributed by atoms with Crippen molar-refractivity contribution in [2.45, 2.75) is 6.61 Å². The molecule has 0 aromatic heterocycles. The zero-order valence-corrected chi connectivity index (χ0v) is 18.9. The van der Waals surface area contributed by atoms with Crippen molar-refractivity contribution in [1.82, 2.24) is 10.3 Å². The molecule has 1 heterocycles. The minimum absolute atomic E-state index is 0.185. The number of benzene rings is 3. The van der Waals surface area contributed by atoms with Gasteiger partial charge in [-0.1, -0.05) is 59.6 Å². The average Bonchev–Trinajstić information content (AvgIpc) is 2.79. The molecule has 3 aromatic rings. The molecular formula is C24H23Cl2N3O3. The molecule has 1 aliphatic rings. The number of carbonyl (C=O) groups excluding carboxylic acids is 1. The fourth-order valence-corrected chi connectivity index (χ4v) is 4.07. The minimum Gasteiger partial charge on any atom is -0.486 e. The first-order valence-corrected chi connectivity index (χ1v) is 11.1. The predicted molar refractivity (Wildman–Crippen MR) is 128 cm³/mol. The summed E-state index contributed by atoms with van der Waals surface area (Å²) in [5, 5.41) is 7.07. The van der Waals surface area contributed by atoms with E-state index in [2.05, 4.69) is 34.8 Å². The number of fused-ring (bicyclic) bond motifs is 1. The summed E-state index contributed by atoms with van der Waals surface area (Å²) in [4.78, 5) is 14.0. The first-order chi connectivity index (χ1) is 15.6. The maximum Gasteiger partial charge on any atom is 0.254 e. The molecule has 0 unspecified atom stereocenters. The Morgan fingerprint density at radius 1 is 1.06 bits per heavy atom. The van der Waals surface area contributed by atoms with Crippen LogP contribution in [0.15, 0.2) is 59.7 Å². The molecule has 0 radical (unpaired) electrons. The van der Waals surface area contributed by atoms with Crippen LogP contribution in [0.2, 0.25) is 10.0 Å². The Kier molecular flexibility index (Phi) is 7.60. The Labute approximate surface area is 196 Å². The first kappa shape index (κ1) is 22.6. The SMILES string of the molecule is O=C(CN1CCOCC1)N/N=C/c1cc(Cl)c(OCc2ccc3ccccc3c2)c(Cl)c1. The van der Waals surface area contributed by atoms with E-state index in [0.29, 0.717) is 41.2 Å². The van der Waals surface area contributed by atoms with Crippen LogP contribution in [0.25, 0.3) is 10.8 Å². The standard InChI is InChI=1S/C24H23Cl2N3O3/c25-21-12-18(14-27-28-23(30)15-29-7-9-31-10-8-29)13-22(26)24(21)32-16-17-5-6-19-3-1-2-4-20(19)11-17/h1-6,11-14H,7-10,15-16H2,(H,28,30)/b27-14+. The van der Waals surface area contributed by atoms with Gasteiger partial charge in [-0.25, -0.2) is 5.43 Å². The molecule has 1 N–H and O–H groups in total. The minimum atomic E-state index is -0.185. The first-order valence-electron chi connectivity index (χ1n) is 10.3. The Hall–Kier alpha value is -2.64. The molecule has 1 amide bonds. The van der Waals surface area contributed by atoms with Gasteiger partial charge in [0.15, 0.2) is 5.75 Å². The van der Waals surface area contributed by atoms with E-state index in [1.165, 1.54) is 11.6 Å². The van der Waals surface area contributed by atoms with Crippen molar-refractivity contribution in [2.75, 3.05) is 32.8 Å². The quantitative estimate of drug-likeness (QED) is 0.406. The molecule has 0 atom stereocenters. The van der Waals surface area contributed by atoms with E-state index in [-0.39, 0.29) is 12.5 Å². The van der Waals surface area contributed by atoms with Crippen molar-refractivity contribution < 1.29 is 14.3 Å². The van der Waals surface area contributed by atoms with E-state index in [1.54, 1.807) is 12.1 Å². The van der Waals surface area contributed by atoms with E-state index in [9.17, 15) is 4.79 Å². The summed E-state index contributed by atoms with van der Waals surface area (Å²) >= 11 is 12.8. The second kappa shape index (κ2) is 10.8. The normalized spacial score (nSPS) is 14.7. The number of rotatable bonds is 7. The highest BCUT2D eigenvalue weighted by Gasteiger charge is 2.14. The number of carbonyl (C=O) groups is 1. The van der Waals surface area contributed by atoms with E-state index < -0.39 is 0 Å². The zero-order chi connectivity index (χ0) is 22.3. The summed E-state index contributed by atoms with van der Waals surface area (Å²) < 4.78 is 11.2. The van der Waals surface area contributed by atoms with Gasteiger partial charge in [-0.15, -0.1) is 0 Å². The number of nitrogens with zero attached hydrogens (tertiary/aromatic N) is 2. The number of nitrogens with one attached hydrogen (secondary N) is 1. The number of halogens is 2. The highest BCUT2D eigenvalue weighted by atomic mass is 35.5. The molecule has 0 saturated carbocycles. The van der Waals surface area contributed by atoms with Gasteiger partial charge in [-0.3, -0.25) is 9.69 Å². The fourth-order valence-electron chi connectivity index (χ4n) is 3.45. The monoisotopic (exact) mass is 471 g/mol. The van der Waals surface area contributed by atoms with Crippen molar-refractivity contribution in [3.8, 4) is 5.75 Å². The highest BCUT2D eigenvalue weighted by molar-refractivity contribution is 6.37. The largest absolute Gasteiger partial charge is 0.486 e. The maximum atomic E-state index is 12.0. The summed E-state index contributed by atoms with van der Waals surface area (Å²) in [6.07, 6.45) is 1.50. The lowest BCUT2D eigenvalue weighted by molar-refractivity contribution is -0.123. The van der Waals surface area contributed by atoms with Gasteiger partial charge in [0.25, 0.3) is 5.91 Å². The van der Waals surface area contributed by atoms with Crippen molar-refractivity contribution in [1.29, 1.82) is 0 Å². The van der Waals surface area contributed by atoms with Crippen LogP contribution < -0.4 is 10.2 Å². The molecule has 6 nitrogen and oxygen atoms in total. The van der Waals surface area contributed by atoms with Crippen molar-refractivity contribution >= 4 is 46.1 Å². The third kappa shape index (κ3) is 5.99. The Morgan fingerprint density at radius 2 is 1.78 bits per heavy atom. The van der Waals surface area contributed by atoms with Gasteiger partial charge in [0.1, 0.15) is 6.61 Å². The van der Waals surface area contributed by atoms with Crippen molar-refractivity contribution in [3.05, 3.63) is 75.8 Å². The molecule has 1 aliphatic heterocycles. The lowest BCUT2D eigenvalue weighted by atomic mass is 10.1. The third-order valence-electron chi connectivity index (χ3n) is 5.09. The van der Waals surface area contributed by atoms with Gasteiger partial charge in [-0.05, 0) is 40.1 Å². The van der Waals surface area contributed by atoms with Crippen LogP contribution in [0.1, 0.15) is 11.1 Å². The van der Waals surface area contributed by atoms with Crippen LogP contribution in [-0.4, -0.2) is 49.9 Å². The van der Waals surface area contributed by atoms with Gasteiger partial charge in [0, 0.05) is 13.1 Å². The molecule has 4 rings (SSSR count). The summed E-state index contributed by atoms with van der Waals surface area (Å²) in [7, 11) is 0. The molecule has 166 valence electrons. The number of hydrogen-bond acceptors (Lipinski definition) is 5. The fraction of sp³-hybridized carbons (Fsp3) is 0.250. The molecule has 1 saturated heterocycles. The molecule has 0 spiro atoms. The molecule has 0 bridgehead atoms. The third-order valence-corrected chi connectivity index (χ3v) is 5.65. The topological polar surface area (TPSA) is 63.2 Å². The lowest BCUT2D eigenvalue weighted by Gasteiger charge is -2.25. The van der Waals surface area contributed by atoms with E-state index >= 15 is 0 Å². The van der Waals surface area contributed by atoms with Crippen LogP contribution in [0.5, 0.6) is 5.75 Å². The predicted octanol–water partition coefficient (Wildman–Crippen LogP) is 4.51. The Morgan fingerprint density at radius 3 is 2.53 bits per heavy atom. The molecule has 1 fully saturated rings. The number of morpholine rings is 1. The van der Waals surface area contributed by atoms with E-state index in [4.69, 9.17) is 32.7 Å². The van der Waals surface area contributed by atoms with Crippen LogP contribution >= 0.6 is 23.2 Å². The lowest BCUT2D eigenvalue weighted by Crippen LogP contribution is -2.42. The second-order valence-electron chi connectivity index (χ2n) is 7.47. The van der Waals surface area contributed by atoms with Gasteiger partial charge in [0.05, 0.1) is 36.0 Å². The van der Waals surface area contributed by atoms with Crippen LogP contribution in [0.3, 0.4) is 0 Å². The number of hydrazone groups is 1. The molecule has 3 aromatic carbocycles. The Bertz CT molecular complexity index is 1110. The van der Waals surface area contributed by atoms with Crippen LogP contribution in [-0.2, 0) is 16.1 Å². The molecule has 8 heteroatoms. The van der Waals surface area contributed by atoms with Gasteiger partial charge in [-0.2, -0.15) is 5.10 Å². The maximum absolute atomic E-state index is 12.0. The smallest absolute Gasteiger partial charge is 0.254 e. The number of ether oxygens (including phenoxy) is 2. The molecule has 0 aliphatic carbocycles. The van der Waals surface area contributed by atoms with Crippen LogP contribution in [0.4, 0.5) is 0 Å². The summed E-state index contributed by atoms with van der Waals surface area (Å²) in [6, 6.07) is 17.7. The Balaban J connectivity index is 1.34. The van der Waals surface area contributed by atoms with Crippen molar-refractivity contribution in [3.63, 3.8) is 0 Å². The van der Waals surface area contributed by atoms with Gasteiger partial charge in [0.2, 0.25) is 0 Å². The number of amides is 1. The molecule has 32 heavy (non-hydrogen) atoms. The highest BCUT2D eigenvalue weighted by Crippen LogP contribution is 2.34. The molecular weight excluding hydrogens is 449 g/mol. The summed E-state index contributed by atoms with van der Waals surface area (Å²) in [5.74, 6) is 0.227. The van der Waals surface area contributed by atoms with E-state index in [0.717, 1.165) is 24.0 Å². The summed E-state index contributed by atoms with van der Waals surface area (Å²) in [5.41, 5.74) is 4.20. The van der Waals surface area contributed by atoms with Crippen molar-refractivity contribution in [2.24, 2.45) is 5.10 Å². The van der Waals surface area contributed by atoms with Gasteiger partial charge >= 0.3 is 0 Å². The zero-order valence-electron chi connectivity index (χ0n) is 17.4. The second-order valence-corrected chi connectivity index (χ2v) is 8.28. The number of hydrogen-bond donors (Lipinski definition) is 1.